The number of hydrogen-bond donors (Lipinski definition) is 3. The highest BCUT2D eigenvalue weighted by atomic mass is 32.2. The Kier molecular flexibility index (Phi) is 9.94. The maximum absolute atomic E-state index is 13.3. The summed E-state index contributed by atoms with van der Waals surface area (Å²) >= 11 is 2.86. The van der Waals surface area contributed by atoms with Crippen molar-refractivity contribution >= 4 is 58.3 Å². The molecule has 0 aliphatic rings. The van der Waals surface area contributed by atoms with Crippen molar-refractivity contribution in [2.75, 3.05) is 10.6 Å². The van der Waals surface area contributed by atoms with Crippen LogP contribution < -0.4 is 16.0 Å². The van der Waals surface area contributed by atoms with E-state index in [1.54, 1.807) is 36.4 Å². The smallest absolute Gasteiger partial charge is 0.272 e. The zero-order chi connectivity index (χ0) is 28.5. The third kappa shape index (κ3) is 8.18. The van der Waals surface area contributed by atoms with Crippen LogP contribution in [0.4, 0.5) is 11.4 Å². The minimum Gasteiger partial charge on any atom is -0.325 e. The maximum Gasteiger partial charge on any atom is 0.272 e. The molecule has 40 heavy (non-hydrogen) atoms. The van der Waals surface area contributed by atoms with E-state index >= 15 is 0 Å². The summed E-state index contributed by atoms with van der Waals surface area (Å²) in [4.78, 5) is 40.5. The van der Waals surface area contributed by atoms with Gasteiger partial charge in [-0.1, -0.05) is 56.3 Å². The Hall–Kier alpha value is -4.14. The number of benzene rings is 3. The van der Waals surface area contributed by atoms with E-state index in [-0.39, 0.29) is 22.8 Å². The molecule has 1 unspecified atom stereocenters. The number of carbonyl (C=O) groups is 3. The molecule has 204 valence electrons. The van der Waals surface area contributed by atoms with Gasteiger partial charge in [-0.05, 0) is 78.4 Å². The summed E-state index contributed by atoms with van der Waals surface area (Å²) in [6.07, 6.45) is 1.65. The summed E-state index contributed by atoms with van der Waals surface area (Å²) in [5.74, 6) is -0.507. The lowest BCUT2D eigenvalue weighted by Crippen LogP contribution is -2.30. The van der Waals surface area contributed by atoms with E-state index < -0.39 is 5.91 Å². The molecular weight excluding hydrogens is 539 g/mol. The second kappa shape index (κ2) is 13.8. The third-order valence-corrected chi connectivity index (χ3v) is 7.89. The Labute approximate surface area is 242 Å². The van der Waals surface area contributed by atoms with Crippen LogP contribution in [0.2, 0.25) is 0 Å². The Balaban J connectivity index is 1.42. The van der Waals surface area contributed by atoms with E-state index in [9.17, 15) is 14.4 Å². The fraction of sp³-hybridized carbons (Fsp3) is 0.156. The van der Waals surface area contributed by atoms with Gasteiger partial charge in [0.15, 0.2) is 0 Å². The van der Waals surface area contributed by atoms with Crippen LogP contribution >= 0.6 is 23.1 Å². The molecule has 0 aliphatic carbocycles. The molecule has 0 radical (unpaired) electrons. The number of nitrogens with one attached hydrogen (secondary N) is 3. The van der Waals surface area contributed by atoms with Crippen molar-refractivity contribution in [1.82, 2.24) is 5.32 Å². The molecule has 3 N–H and O–H groups in total. The van der Waals surface area contributed by atoms with Crippen LogP contribution in [-0.2, 0) is 9.59 Å². The average Bonchev–Trinajstić information content (AvgIpc) is 3.47. The minimum atomic E-state index is -0.449. The largest absolute Gasteiger partial charge is 0.325 e. The number of carbonyl (C=O) groups excluding carboxylic acids is 3. The number of hydrogen-bond acceptors (Lipinski definition) is 5. The highest BCUT2D eigenvalue weighted by molar-refractivity contribution is 8.00. The first-order valence-corrected chi connectivity index (χ1v) is 14.6. The van der Waals surface area contributed by atoms with E-state index in [1.165, 1.54) is 28.7 Å². The topological polar surface area (TPSA) is 87.3 Å². The molecule has 4 aromatic rings. The molecular formula is C32H31N3O3S2. The molecule has 1 heterocycles. The predicted octanol–water partition coefficient (Wildman–Crippen LogP) is 7.40. The van der Waals surface area contributed by atoms with E-state index in [0.29, 0.717) is 17.2 Å². The maximum atomic E-state index is 13.3. The lowest BCUT2D eigenvalue weighted by Gasteiger charge is -2.14. The molecule has 3 aromatic carbocycles. The summed E-state index contributed by atoms with van der Waals surface area (Å²) < 4.78 is 0. The van der Waals surface area contributed by atoms with Gasteiger partial charge in [0.2, 0.25) is 5.91 Å². The first-order valence-electron chi connectivity index (χ1n) is 12.9. The summed E-state index contributed by atoms with van der Waals surface area (Å²) in [5.41, 5.74) is 3.11. The van der Waals surface area contributed by atoms with Crippen LogP contribution in [0.15, 0.2) is 107 Å². The summed E-state index contributed by atoms with van der Waals surface area (Å²) in [7, 11) is 0. The second-order valence-electron chi connectivity index (χ2n) is 9.40. The molecule has 0 fully saturated rings. The zero-order valence-corrected chi connectivity index (χ0v) is 24.1. The van der Waals surface area contributed by atoms with E-state index in [0.717, 1.165) is 15.5 Å². The Morgan fingerprint density at radius 3 is 2.23 bits per heavy atom. The van der Waals surface area contributed by atoms with Crippen molar-refractivity contribution in [2.24, 2.45) is 0 Å². The summed E-state index contributed by atoms with van der Waals surface area (Å²) in [6, 6.07) is 27.6. The second-order valence-corrected chi connectivity index (χ2v) is 11.8. The first-order chi connectivity index (χ1) is 19.3. The highest BCUT2D eigenvalue weighted by Crippen LogP contribution is 2.27. The Morgan fingerprint density at radius 2 is 1.55 bits per heavy atom. The fourth-order valence-electron chi connectivity index (χ4n) is 3.76. The van der Waals surface area contributed by atoms with Gasteiger partial charge in [-0.2, -0.15) is 0 Å². The van der Waals surface area contributed by atoms with E-state index in [1.807, 2.05) is 73.0 Å². The van der Waals surface area contributed by atoms with E-state index in [2.05, 4.69) is 29.8 Å². The molecule has 1 atom stereocenters. The highest BCUT2D eigenvalue weighted by Gasteiger charge is 2.17. The molecule has 1 aromatic heterocycles. The Morgan fingerprint density at radius 1 is 0.800 bits per heavy atom. The van der Waals surface area contributed by atoms with Gasteiger partial charge in [0.05, 0.1) is 5.25 Å². The van der Waals surface area contributed by atoms with Crippen molar-refractivity contribution in [1.29, 1.82) is 0 Å². The van der Waals surface area contributed by atoms with Crippen LogP contribution in [0.25, 0.3) is 6.08 Å². The molecule has 0 bridgehead atoms. The van der Waals surface area contributed by atoms with Crippen LogP contribution in [-0.4, -0.2) is 23.0 Å². The molecule has 0 spiro atoms. The number of rotatable bonds is 10. The average molecular weight is 570 g/mol. The van der Waals surface area contributed by atoms with Crippen molar-refractivity contribution in [3.8, 4) is 0 Å². The van der Waals surface area contributed by atoms with Gasteiger partial charge in [-0.3, -0.25) is 14.4 Å². The summed E-state index contributed by atoms with van der Waals surface area (Å²) in [5, 5.41) is 10.1. The standard InChI is InChI=1S/C32H31N3O3S2/c1-21(2)23-14-16-25(17-15-23)33-30(36)22(3)40-28-12-7-11-26(19-28)34-32(38)29(20-27-13-8-18-39-27)35-31(37)24-9-5-4-6-10-24/h4-22H,1-3H3,(H,33,36)(H,34,38)(H,35,37)/b29-20-. The van der Waals surface area contributed by atoms with Gasteiger partial charge in [0, 0.05) is 26.7 Å². The lowest BCUT2D eigenvalue weighted by atomic mass is 10.0. The minimum absolute atomic E-state index is 0.110. The first kappa shape index (κ1) is 28.9. The van der Waals surface area contributed by atoms with Gasteiger partial charge in [-0.25, -0.2) is 0 Å². The van der Waals surface area contributed by atoms with Gasteiger partial charge in [-0.15, -0.1) is 23.1 Å². The number of thiophene rings is 1. The van der Waals surface area contributed by atoms with E-state index in [4.69, 9.17) is 0 Å². The molecule has 6 nitrogen and oxygen atoms in total. The van der Waals surface area contributed by atoms with Crippen molar-refractivity contribution in [3.05, 3.63) is 118 Å². The van der Waals surface area contributed by atoms with Crippen LogP contribution in [0.1, 0.15) is 47.5 Å². The fourth-order valence-corrected chi connectivity index (χ4v) is 5.34. The van der Waals surface area contributed by atoms with Crippen LogP contribution in [0.5, 0.6) is 0 Å². The van der Waals surface area contributed by atoms with Crippen molar-refractivity contribution < 1.29 is 14.4 Å². The van der Waals surface area contributed by atoms with Crippen LogP contribution in [0, 0.1) is 0 Å². The molecule has 8 heteroatoms. The SMILES string of the molecule is CC(Sc1cccc(NC(=O)/C(=C/c2cccs2)NC(=O)c2ccccc2)c1)C(=O)Nc1ccc(C(C)C)cc1. The third-order valence-electron chi connectivity index (χ3n) is 5.98. The van der Waals surface area contributed by atoms with Gasteiger partial charge >= 0.3 is 0 Å². The molecule has 0 saturated carbocycles. The van der Waals surface area contributed by atoms with Gasteiger partial charge in [0.1, 0.15) is 5.70 Å². The molecule has 3 amide bonds. The van der Waals surface area contributed by atoms with Crippen LogP contribution in [0.3, 0.4) is 0 Å². The van der Waals surface area contributed by atoms with Crippen molar-refractivity contribution in [3.63, 3.8) is 0 Å². The Bertz CT molecular complexity index is 1480. The number of thioether (sulfide) groups is 1. The normalized spacial score (nSPS) is 12.1. The van der Waals surface area contributed by atoms with Gasteiger partial charge < -0.3 is 16.0 Å². The molecule has 4 rings (SSSR count). The summed E-state index contributed by atoms with van der Waals surface area (Å²) in [6.45, 7) is 6.10. The number of amides is 3. The molecule has 0 saturated heterocycles. The lowest BCUT2D eigenvalue weighted by molar-refractivity contribution is -0.115. The molecule has 0 aliphatic heterocycles. The predicted molar refractivity (Wildman–Crippen MR) is 166 cm³/mol. The monoisotopic (exact) mass is 569 g/mol. The quantitative estimate of drug-likeness (QED) is 0.137. The zero-order valence-electron chi connectivity index (χ0n) is 22.5. The van der Waals surface area contributed by atoms with Crippen molar-refractivity contribution in [2.45, 2.75) is 36.8 Å². The van der Waals surface area contributed by atoms with Gasteiger partial charge in [0.25, 0.3) is 11.8 Å². The number of anilines is 2.